The quantitative estimate of drug-likeness (QED) is 0.366. The molecule has 2 amide bonds. The lowest BCUT2D eigenvalue weighted by Gasteiger charge is -2.34. The molecule has 1 unspecified atom stereocenters. The molecule has 0 spiro atoms. The first-order valence-electron chi connectivity index (χ1n) is 13.0. The van der Waals surface area contributed by atoms with Crippen molar-refractivity contribution in [2.45, 2.75) is 39.5 Å². The smallest absolute Gasteiger partial charge is 0.310 e. The third kappa shape index (κ3) is 6.33. The van der Waals surface area contributed by atoms with Crippen molar-refractivity contribution in [1.82, 2.24) is 4.90 Å². The number of hydrogen-bond donors (Lipinski definition) is 0. The standard InChI is InChI=1S/C29H34N2O7/c1-4-36-29(35)22-8-6-12-30(15-22)27(33)16-31-24-14-21(10-11-26(24)38-18-28(31)34)25(32)17-37-23-9-5-7-20(13-23)19(2)3/h5,7,9-11,13-14,19,22H,4,6,8,12,15-18H2,1-3H3. The second-order valence-electron chi connectivity index (χ2n) is 9.82. The zero-order valence-corrected chi connectivity index (χ0v) is 22.1. The minimum Gasteiger partial charge on any atom is -0.485 e. The van der Waals surface area contributed by atoms with Crippen LogP contribution >= 0.6 is 0 Å². The lowest BCUT2D eigenvalue weighted by Crippen LogP contribution is -2.49. The maximum Gasteiger partial charge on any atom is 0.310 e. The number of benzene rings is 2. The van der Waals surface area contributed by atoms with Crippen LogP contribution in [0, 0.1) is 5.92 Å². The summed E-state index contributed by atoms with van der Waals surface area (Å²) in [7, 11) is 0. The third-order valence-corrected chi connectivity index (χ3v) is 6.81. The molecule has 1 atom stereocenters. The molecule has 1 fully saturated rings. The van der Waals surface area contributed by atoms with Crippen LogP contribution in [0.1, 0.15) is 55.5 Å². The van der Waals surface area contributed by atoms with Gasteiger partial charge in [-0.1, -0.05) is 26.0 Å². The van der Waals surface area contributed by atoms with Gasteiger partial charge in [0.15, 0.2) is 19.0 Å². The van der Waals surface area contributed by atoms with Gasteiger partial charge >= 0.3 is 5.97 Å². The van der Waals surface area contributed by atoms with Gasteiger partial charge in [-0.2, -0.15) is 0 Å². The molecule has 9 nitrogen and oxygen atoms in total. The lowest BCUT2D eigenvalue weighted by atomic mass is 9.98. The van der Waals surface area contributed by atoms with Crippen molar-refractivity contribution in [2.24, 2.45) is 5.92 Å². The lowest BCUT2D eigenvalue weighted by molar-refractivity contribution is -0.151. The molecule has 0 aromatic heterocycles. The van der Waals surface area contributed by atoms with Gasteiger partial charge < -0.3 is 19.1 Å². The number of rotatable bonds is 9. The van der Waals surface area contributed by atoms with Gasteiger partial charge in [0.1, 0.15) is 18.0 Å². The van der Waals surface area contributed by atoms with Crippen molar-refractivity contribution in [3.8, 4) is 11.5 Å². The van der Waals surface area contributed by atoms with E-state index in [-0.39, 0.29) is 55.8 Å². The predicted molar refractivity (Wildman–Crippen MR) is 141 cm³/mol. The maximum absolute atomic E-state index is 13.2. The fourth-order valence-electron chi connectivity index (χ4n) is 4.64. The summed E-state index contributed by atoms with van der Waals surface area (Å²) >= 11 is 0. The summed E-state index contributed by atoms with van der Waals surface area (Å²) in [6.45, 7) is 6.40. The zero-order chi connectivity index (χ0) is 27.2. The largest absolute Gasteiger partial charge is 0.485 e. The van der Waals surface area contributed by atoms with Gasteiger partial charge in [-0.3, -0.25) is 24.1 Å². The number of ether oxygens (including phenoxy) is 3. The Labute approximate surface area is 222 Å². The van der Waals surface area contributed by atoms with Crippen LogP contribution in [0.15, 0.2) is 42.5 Å². The Hall–Kier alpha value is -3.88. The van der Waals surface area contributed by atoms with Crippen LogP contribution in [0.25, 0.3) is 0 Å². The second kappa shape index (κ2) is 12.1. The molecule has 2 aromatic rings. The van der Waals surface area contributed by atoms with Gasteiger partial charge in [0.05, 0.1) is 18.2 Å². The van der Waals surface area contributed by atoms with Gasteiger partial charge in [-0.25, -0.2) is 0 Å². The topological polar surface area (TPSA) is 102 Å². The van der Waals surface area contributed by atoms with E-state index in [4.69, 9.17) is 14.2 Å². The molecular weight excluding hydrogens is 488 g/mol. The van der Waals surface area contributed by atoms with Gasteiger partial charge in [-0.15, -0.1) is 0 Å². The average Bonchev–Trinajstić information content (AvgIpc) is 2.93. The summed E-state index contributed by atoms with van der Waals surface area (Å²) in [5, 5.41) is 0. The zero-order valence-electron chi connectivity index (χ0n) is 22.1. The minimum atomic E-state index is -0.379. The molecule has 0 aliphatic carbocycles. The highest BCUT2D eigenvalue weighted by molar-refractivity contribution is 6.04. The number of anilines is 1. The molecule has 2 aliphatic heterocycles. The van der Waals surface area contributed by atoms with Crippen LogP contribution < -0.4 is 14.4 Å². The molecule has 9 heteroatoms. The van der Waals surface area contributed by atoms with Crippen LogP contribution in [-0.2, 0) is 19.1 Å². The number of esters is 1. The van der Waals surface area contributed by atoms with Crippen molar-refractivity contribution in [1.29, 1.82) is 0 Å². The van der Waals surface area contributed by atoms with E-state index in [1.807, 2.05) is 18.2 Å². The normalized spacial score (nSPS) is 17.1. The Morgan fingerprint density at radius 1 is 1.13 bits per heavy atom. The van der Waals surface area contributed by atoms with Crippen LogP contribution in [0.2, 0.25) is 0 Å². The number of likely N-dealkylation sites (tertiary alicyclic amines) is 1. The summed E-state index contributed by atoms with van der Waals surface area (Å²) in [5.41, 5.74) is 1.82. The van der Waals surface area contributed by atoms with Gasteiger partial charge in [0, 0.05) is 18.7 Å². The number of nitrogens with zero attached hydrogens (tertiary/aromatic N) is 2. The monoisotopic (exact) mass is 522 g/mol. The first-order valence-corrected chi connectivity index (χ1v) is 13.0. The number of amides is 2. The summed E-state index contributed by atoms with van der Waals surface area (Å²) in [4.78, 5) is 54.0. The molecule has 0 bridgehead atoms. The molecule has 2 aliphatic rings. The van der Waals surface area contributed by atoms with Crippen LogP contribution in [0.3, 0.4) is 0 Å². The number of piperidine rings is 1. The molecule has 2 heterocycles. The fourth-order valence-corrected chi connectivity index (χ4v) is 4.64. The number of fused-ring (bicyclic) bond motifs is 1. The highest BCUT2D eigenvalue weighted by Gasteiger charge is 2.33. The number of hydrogen-bond acceptors (Lipinski definition) is 7. The summed E-state index contributed by atoms with van der Waals surface area (Å²) < 4.78 is 16.4. The molecular formula is C29H34N2O7. The molecule has 202 valence electrons. The van der Waals surface area contributed by atoms with E-state index in [9.17, 15) is 19.2 Å². The first kappa shape index (κ1) is 27.2. The van der Waals surface area contributed by atoms with Crippen molar-refractivity contribution in [3.05, 3.63) is 53.6 Å². The Morgan fingerprint density at radius 3 is 2.71 bits per heavy atom. The summed E-state index contributed by atoms with van der Waals surface area (Å²) in [6, 6.07) is 12.4. The molecule has 0 radical (unpaired) electrons. The van der Waals surface area contributed by atoms with Gasteiger partial charge in [-0.05, 0) is 61.6 Å². The van der Waals surface area contributed by atoms with E-state index >= 15 is 0 Å². The first-order chi connectivity index (χ1) is 18.3. The average molecular weight is 523 g/mol. The Morgan fingerprint density at radius 2 is 1.95 bits per heavy atom. The van der Waals surface area contributed by atoms with Crippen molar-refractivity contribution in [3.63, 3.8) is 0 Å². The molecule has 0 saturated carbocycles. The van der Waals surface area contributed by atoms with Crippen molar-refractivity contribution < 1.29 is 33.4 Å². The Kier molecular flexibility index (Phi) is 8.66. The SMILES string of the molecule is CCOC(=O)C1CCCN(C(=O)CN2C(=O)COc3ccc(C(=O)COc4cccc(C(C)C)c4)cc32)C1. The minimum absolute atomic E-state index is 0.170. The predicted octanol–water partition coefficient (Wildman–Crippen LogP) is 3.60. The number of carbonyl (C=O) groups is 4. The maximum atomic E-state index is 13.2. The number of ketones is 1. The van der Waals surface area contributed by atoms with E-state index in [1.165, 1.54) is 4.90 Å². The van der Waals surface area contributed by atoms with E-state index in [2.05, 4.69) is 13.8 Å². The third-order valence-electron chi connectivity index (χ3n) is 6.81. The van der Waals surface area contributed by atoms with Crippen molar-refractivity contribution in [2.75, 3.05) is 44.4 Å². The van der Waals surface area contributed by atoms with Gasteiger partial charge in [0.2, 0.25) is 5.91 Å². The van der Waals surface area contributed by atoms with E-state index < -0.39 is 0 Å². The van der Waals surface area contributed by atoms with Crippen LogP contribution in [0.4, 0.5) is 5.69 Å². The molecule has 1 saturated heterocycles. The van der Waals surface area contributed by atoms with Crippen LogP contribution in [0.5, 0.6) is 11.5 Å². The second-order valence-corrected chi connectivity index (χ2v) is 9.82. The van der Waals surface area contributed by atoms with Crippen molar-refractivity contribution >= 4 is 29.3 Å². The van der Waals surface area contributed by atoms with Gasteiger partial charge in [0.25, 0.3) is 5.91 Å². The molecule has 38 heavy (non-hydrogen) atoms. The number of Topliss-reactive ketones (excluding diaryl/α,β-unsaturated/α-hetero) is 1. The Bertz CT molecular complexity index is 1210. The summed E-state index contributed by atoms with van der Waals surface area (Å²) in [6.07, 6.45) is 1.35. The molecule has 0 N–H and O–H groups in total. The van der Waals surface area contributed by atoms with E-state index in [0.29, 0.717) is 54.7 Å². The fraction of sp³-hybridized carbons (Fsp3) is 0.448. The Balaban J connectivity index is 1.45. The highest BCUT2D eigenvalue weighted by atomic mass is 16.5. The van der Waals surface area contributed by atoms with E-state index in [1.54, 1.807) is 36.1 Å². The summed E-state index contributed by atoms with van der Waals surface area (Å²) in [5.74, 6) is -0.229. The molecule has 4 rings (SSSR count). The highest BCUT2D eigenvalue weighted by Crippen LogP contribution is 2.33. The number of carbonyl (C=O) groups excluding carboxylic acids is 4. The van der Waals surface area contributed by atoms with E-state index in [0.717, 1.165) is 5.56 Å². The molecule has 2 aromatic carbocycles. The van der Waals surface area contributed by atoms with Crippen LogP contribution in [-0.4, -0.2) is 67.9 Å².